The Kier molecular flexibility index (Phi) is 8.71. The first-order valence-electron chi connectivity index (χ1n) is 12.0. The van der Waals surface area contributed by atoms with Crippen LogP contribution in [0.3, 0.4) is 0 Å². The Balaban J connectivity index is 1.49. The molecule has 2 aromatic carbocycles. The van der Waals surface area contributed by atoms with E-state index in [1.54, 1.807) is 0 Å². The van der Waals surface area contributed by atoms with Gasteiger partial charge >= 0.3 is 0 Å². The Morgan fingerprint density at radius 1 is 1.06 bits per heavy atom. The number of ether oxygens (including phenoxy) is 1. The van der Waals surface area contributed by atoms with Gasteiger partial charge in [-0.1, -0.05) is 26.0 Å². The summed E-state index contributed by atoms with van der Waals surface area (Å²) in [5.41, 5.74) is 1.52. The predicted molar refractivity (Wildman–Crippen MR) is 131 cm³/mol. The summed E-state index contributed by atoms with van der Waals surface area (Å²) in [6.07, 6.45) is 1.93. The fourth-order valence-corrected chi connectivity index (χ4v) is 5.66. The Morgan fingerprint density at radius 2 is 1.69 bits per heavy atom. The highest BCUT2D eigenvalue weighted by Crippen LogP contribution is 2.27. The molecule has 1 fully saturated rings. The number of nitrogens with one attached hydrogen (secondary N) is 1. The van der Waals surface area contributed by atoms with Crippen molar-refractivity contribution >= 4 is 15.9 Å². The van der Waals surface area contributed by atoms with Crippen molar-refractivity contribution in [2.24, 2.45) is 5.41 Å². The van der Waals surface area contributed by atoms with E-state index < -0.39 is 37.8 Å². The summed E-state index contributed by atoms with van der Waals surface area (Å²) in [5.74, 6) is -3.52. The first kappa shape index (κ1) is 28.0. The monoisotopic (exact) mass is 526 g/mol. The molecular weight excluding hydrogens is 493 g/mol. The third-order valence-corrected chi connectivity index (χ3v) is 8.46. The van der Waals surface area contributed by atoms with Gasteiger partial charge in [0.2, 0.25) is 15.9 Å². The molecule has 0 atom stereocenters. The van der Waals surface area contributed by atoms with Gasteiger partial charge in [0.1, 0.15) is 16.5 Å². The van der Waals surface area contributed by atoms with Crippen LogP contribution >= 0.6 is 0 Å². The summed E-state index contributed by atoms with van der Waals surface area (Å²) < 4.78 is 73.2. The van der Waals surface area contributed by atoms with Crippen LogP contribution in [0.25, 0.3) is 0 Å². The van der Waals surface area contributed by atoms with Crippen molar-refractivity contribution < 1.29 is 31.1 Å². The first-order chi connectivity index (χ1) is 16.8. The molecule has 0 saturated carbocycles. The van der Waals surface area contributed by atoms with E-state index in [0.29, 0.717) is 38.4 Å². The van der Waals surface area contributed by atoms with Crippen molar-refractivity contribution in [2.45, 2.75) is 64.3 Å². The molecule has 0 spiro atoms. The quantitative estimate of drug-likeness (QED) is 0.374. The highest BCUT2D eigenvalue weighted by Gasteiger charge is 2.34. The molecular formula is C26H33F3N2O4S. The van der Waals surface area contributed by atoms with Gasteiger partial charge in [0.15, 0.2) is 11.6 Å². The van der Waals surface area contributed by atoms with Crippen molar-refractivity contribution in [3.63, 3.8) is 0 Å². The molecule has 1 heterocycles. The van der Waals surface area contributed by atoms with Gasteiger partial charge in [-0.3, -0.25) is 4.79 Å². The van der Waals surface area contributed by atoms with E-state index >= 15 is 0 Å². The molecule has 0 aromatic heterocycles. The topological polar surface area (TPSA) is 75.7 Å². The fraction of sp³-hybridized carbons (Fsp3) is 0.500. The largest absolute Gasteiger partial charge is 0.493 e. The van der Waals surface area contributed by atoms with Gasteiger partial charge in [0.25, 0.3) is 0 Å². The number of amides is 1. The van der Waals surface area contributed by atoms with E-state index in [2.05, 4.69) is 5.32 Å². The van der Waals surface area contributed by atoms with E-state index in [9.17, 15) is 26.4 Å². The van der Waals surface area contributed by atoms with Crippen LogP contribution in [0.2, 0.25) is 0 Å². The van der Waals surface area contributed by atoms with Crippen LogP contribution in [0.5, 0.6) is 5.75 Å². The average molecular weight is 527 g/mol. The number of piperidine rings is 1. The van der Waals surface area contributed by atoms with Crippen LogP contribution < -0.4 is 10.1 Å². The van der Waals surface area contributed by atoms with Crippen molar-refractivity contribution in [1.82, 2.24) is 9.62 Å². The van der Waals surface area contributed by atoms with Crippen LogP contribution in [0.1, 0.15) is 50.7 Å². The highest BCUT2D eigenvalue weighted by atomic mass is 32.2. The lowest BCUT2D eigenvalue weighted by Gasteiger charge is -2.34. The van der Waals surface area contributed by atoms with Gasteiger partial charge in [-0.2, -0.15) is 4.31 Å². The Labute approximate surface area is 210 Å². The maximum atomic E-state index is 14.0. The van der Waals surface area contributed by atoms with Crippen LogP contribution in [0, 0.1) is 36.7 Å². The zero-order valence-corrected chi connectivity index (χ0v) is 21.9. The summed E-state index contributed by atoms with van der Waals surface area (Å²) in [4.78, 5) is 12.0. The maximum absolute atomic E-state index is 14.0. The molecule has 0 unspecified atom stereocenters. The van der Waals surface area contributed by atoms with Gasteiger partial charge < -0.3 is 10.1 Å². The van der Waals surface area contributed by atoms with Crippen molar-refractivity contribution in [3.8, 4) is 5.75 Å². The molecule has 1 amide bonds. The molecule has 0 bridgehead atoms. The van der Waals surface area contributed by atoms with E-state index in [0.717, 1.165) is 21.2 Å². The van der Waals surface area contributed by atoms with Crippen molar-refractivity contribution in [2.75, 3.05) is 19.7 Å². The summed E-state index contributed by atoms with van der Waals surface area (Å²) in [6, 6.07) is 6.36. The van der Waals surface area contributed by atoms with Gasteiger partial charge in [-0.15, -0.1) is 0 Å². The van der Waals surface area contributed by atoms with E-state index in [1.807, 2.05) is 45.9 Å². The van der Waals surface area contributed by atoms with E-state index in [4.69, 9.17) is 4.74 Å². The minimum absolute atomic E-state index is 0.0236. The second kappa shape index (κ2) is 11.2. The second-order valence-electron chi connectivity index (χ2n) is 9.95. The predicted octanol–water partition coefficient (Wildman–Crippen LogP) is 4.88. The molecule has 0 aliphatic carbocycles. The number of benzene rings is 2. The van der Waals surface area contributed by atoms with Crippen LogP contribution in [0.4, 0.5) is 13.2 Å². The van der Waals surface area contributed by atoms with E-state index in [1.165, 1.54) is 0 Å². The molecule has 3 rings (SSSR count). The lowest BCUT2D eigenvalue weighted by atomic mass is 9.86. The number of nitrogens with zero attached hydrogens (tertiary/aromatic N) is 1. The molecule has 1 saturated heterocycles. The third-order valence-electron chi connectivity index (χ3n) is 6.54. The molecule has 10 heteroatoms. The Morgan fingerprint density at radius 3 is 2.36 bits per heavy atom. The van der Waals surface area contributed by atoms with Crippen molar-refractivity contribution in [3.05, 3.63) is 58.9 Å². The van der Waals surface area contributed by atoms with Crippen LogP contribution in [0.15, 0.2) is 35.2 Å². The molecule has 198 valence electrons. The molecule has 36 heavy (non-hydrogen) atoms. The molecule has 1 aliphatic rings. The van der Waals surface area contributed by atoms with Gasteiger partial charge in [0, 0.05) is 30.6 Å². The number of hydrogen-bond acceptors (Lipinski definition) is 4. The Bertz CT molecular complexity index is 1210. The number of halogens is 3. The highest BCUT2D eigenvalue weighted by molar-refractivity contribution is 7.89. The fourth-order valence-electron chi connectivity index (χ4n) is 4.13. The zero-order valence-electron chi connectivity index (χ0n) is 21.0. The normalized spacial score (nSPS) is 15.6. The number of carbonyl (C=O) groups excluding carboxylic acids is 1. The Hall–Kier alpha value is -2.59. The molecule has 0 radical (unpaired) electrons. The standard InChI is InChI=1S/C26H33F3N2O4S/c1-17-6-7-18(2)23(14-17)35-13-5-10-26(3,4)25(32)30-19-8-11-31(12-9-19)36(33,34)24-16-21(28)20(27)15-22(24)29/h6-7,14-16,19H,5,8-13H2,1-4H3,(H,30,32). The zero-order chi connectivity index (χ0) is 26.7. The van der Waals surface area contributed by atoms with Crippen molar-refractivity contribution in [1.29, 1.82) is 0 Å². The molecule has 1 aliphatic heterocycles. The number of rotatable bonds is 9. The number of sulfonamides is 1. The maximum Gasteiger partial charge on any atom is 0.246 e. The lowest BCUT2D eigenvalue weighted by molar-refractivity contribution is -0.130. The van der Waals surface area contributed by atoms with E-state index in [-0.39, 0.29) is 31.1 Å². The van der Waals surface area contributed by atoms with Crippen LogP contribution in [-0.4, -0.2) is 44.4 Å². The summed E-state index contributed by atoms with van der Waals surface area (Å²) >= 11 is 0. The molecule has 1 N–H and O–H groups in total. The second-order valence-corrected chi connectivity index (χ2v) is 11.9. The molecule has 6 nitrogen and oxygen atoms in total. The summed E-state index contributed by atoms with van der Waals surface area (Å²) in [6.45, 7) is 8.22. The lowest BCUT2D eigenvalue weighted by Crippen LogP contribution is -2.49. The molecule has 2 aromatic rings. The smallest absolute Gasteiger partial charge is 0.246 e. The number of hydrogen-bond donors (Lipinski definition) is 1. The summed E-state index contributed by atoms with van der Waals surface area (Å²) in [7, 11) is -4.33. The van der Waals surface area contributed by atoms with Gasteiger partial charge in [-0.25, -0.2) is 21.6 Å². The number of aryl methyl sites for hydroxylation is 2. The first-order valence-corrected chi connectivity index (χ1v) is 13.4. The van der Waals surface area contributed by atoms with Crippen LogP contribution in [-0.2, 0) is 14.8 Å². The third kappa shape index (κ3) is 6.59. The average Bonchev–Trinajstić information content (AvgIpc) is 2.81. The minimum Gasteiger partial charge on any atom is -0.493 e. The SMILES string of the molecule is Cc1ccc(C)c(OCCCC(C)(C)C(=O)NC2CCN(S(=O)(=O)c3cc(F)c(F)cc3F)CC2)c1. The summed E-state index contributed by atoms with van der Waals surface area (Å²) in [5, 5.41) is 2.99. The van der Waals surface area contributed by atoms with Gasteiger partial charge in [-0.05, 0) is 62.8 Å². The number of carbonyl (C=O) groups is 1. The van der Waals surface area contributed by atoms with Gasteiger partial charge in [0.05, 0.1) is 6.61 Å². The minimum atomic E-state index is -4.33.